The lowest BCUT2D eigenvalue weighted by Crippen LogP contribution is -1.91. The molecule has 0 saturated carbocycles. The summed E-state index contributed by atoms with van der Waals surface area (Å²) in [7, 11) is 2.22. The zero-order chi connectivity index (χ0) is 20.0. The average Bonchev–Trinajstić information content (AvgIpc) is 3.24. The predicted molar refractivity (Wildman–Crippen MR) is 130 cm³/mol. The Balaban J connectivity index is 1.77. The quantitative estimate of drug-likeness (QED) is 0.200. The molecule has 0 atom stereocenters. The van der Waals surface area contributed by atoms with Crippen LogP contribution in [0.15, 0.2) is 84.9 Å². The Bertz CT molecular complexity index is 1820. The van der Waals surface area contributed by atoms with Crippen molar-refractivity contribution in [2.24, 2.45) is 7.05 Å². The highest BCUT2D eigenvalue weighted by atomic mass is 27.1. The third-order valence-corrected chi connectivity index (χ3v) is 7.22. The highest BCUT2D eigenvalue weighted by Crippen LogP contribution is 2.40. The third-order valence-electron chi connectivity index (χ3n) is 6.67. The highest BCUT2D eigenvalue weighted by Gasteiger charge is 2.17. The first kappa shape index (κ1) is 16.5. The van der Waals surface area contributed by atoms with Gasteiger partial charge in [0.15, 0.2) is 0 Å². The largest absolute Gasteiger partial charge is 0.452 e. The first-order chi connectivity index (χ1) is 14.7. The van der Waals surface area contributed by atoms with E-state index in [4.69, 9.17) is 0 Å². The second-order valence-electron chi connectivity index (χ2n) is 8.18. The van der Waals surface area contributed by atoms with Gasteiger partial charge in [0.1, 0.15) is 0 Å². The van der Waals surface area contributed by atoms with E-state index < -0.39 is 0 Å². The van der Waals surface area contributed by atoms with Crippen molar-refractivity contribution in [1.82, 2.24) is 8.12 Å². The van der Waals surface area contributed by atoms with E-state index in [0.29, 0.717) is 0 Å². The number of nitrogens with zero attached hydrogens (tertiary/aromatic N) is 2. The summed E-state index contributed by atoms with van der Waals surface area (Å²) in [6.45, 7) is 0. The molecule has 0 aliphatic carbocycles. The predicted octanol–water partition coefficient (Wildman–Crippen LogP) is 6.68. The summed E-state index contributed by atoms with van der Waals surface area (Å²) in [5.41, 5.74) is 5.10. The zero-order valence-electron chi connectivity index (χ0n) is 16.6. The van der Waals surface area contributed by atoms with E-state index >= 15 is 0 Å². The smallest absolute Gasteiger partial charge is 0.318 e. The Kier molecular flexibility index (Phi) is 3.13. The molecule has 0 bridgehead atoms. The molecule has 0 saturated heterocycles. The number of aryl methyl sites for hydroxylation is 1. The molecular weight excluding hydrogens is 379 g/mol. The van der Waals surface area contributed by atoms with Crippen molar-refractivity contribution < 1.29 is 0 Å². The average molecular weight is 396 g/mol. The zero-order valence-corrected chi connectivity index (χ0v) is 17.7. The van der Waals surface area contributed by atoms with Crippen LogP contribution in [0.25, 0.3) is 65.2 Å². The lowest BCUT2D eigenvalue weighted by atomic mass is 10.0. The molecule has 3 heteroatoms. The fraction of sp³-hybridized carbons (Fsp3) is 0.0370. The standard InChI is InChI=1S/C27H17N2.Al/c1-29-26-19(11-10-18-14-16-6-2-3-7-17(16)15-22(18)26)20-12-13-24-25(27(20)29)21-8-4-5-9-23(21)28-24;/h2-15H,1H3;/q-1;+1. The molecule has 0 aliphatic rings. The van der Waals surface area contributed by atoms with Gasteiger partial charge in [-0.3, -0.25) is 0 Å². The van der Waals surface area contributed by atoms with Crippen molar-refractivity contribution in [3.63, 3.8) is 0 Å². The van der Waals surface area contributed by atoms with Crippen LogP contribution in [0.1, 0.15) is 0 Å². The molecular formula is C27H17AlN2. The van der Waals surface area contributed by atoms with Crippen LogP contribution in [0.4, 0.5) is 0 Å². The van der Waals surface area contributed by atoms with Gasteiger partial charge in [-0.15, -0.1) is 0 Å². The number of aromatic nitrogens is 2. The van der Waals surface area contributed by atoms with E-state index in [1.54, 1.807) is 0 Å². The van der Waals surface area contributed by atoms with Gasteiger partial charge in [-0.05, 0) is 40.4 Å². The SMILES string of the molecule is Cn1c2c3cc4ccccc4cc3ccc2c2ccc3c(c4ccccc4[n]3[Al])c21. The van der Waals surface area contributed by atoms with Crippen molar-refractivity contribution >= 4 is 81.7 Å². The van der Waals surface area contributed by atoms with Gasteiger partial charge in [-0.1, -0.05) is 60.7 Å². The van der Waals surface area contributed by atoms with Gasteiger partial charge in [-0.2, -0.15) is 0 Å². The maximum absolute atomic E-state index is 2.88. The molecule has 2 nitrogen and oxygen atoms in total. The van der Waals surface area contributed by atoms with Crippen LogP contribution in [0, 0.1) is 0 Å². The lowest BCUT2D eigenvalue weighted by molar-refractivity contribution is 1.02. The van der Waals surface area contributed by atoms with Crippen LogP contribution < -0.4 is 0 Å². The van der Waals surface area contributed by atoms with Crippen LogP contribution in [0.5, 0.6) is 0 Å². The Labute approximate surface area is 181 Å². The number of benzene rings is 5. The second-order valence-corrected chi connectivity index (χ2v) is 8.70. The normalized spacial score (nSPS) is 12.3. The number of hydrogen-bond donors (Lipinski definition) is 0. The summed E-state index contributed by atoms with van der Waals surface area (Å²) in [5, 5.41) is 10.4. The molecule has 5 aromatic carbocycles. The summed E-state index contributed by atoms with van der Waals surface area (Å²) in [5.74, 6) is 0. The van der Waals surface area contributed by atoms with Crippen molar-refractivity contribution in [3.8, 4) is 0 Å². The van der Waals surface area contributed by atoms with Crippen molar-refractivity contribution in [1.29, 1.82) is 0 Å². The van der Waals surface area contributed by atoms with E-state index in [-0.39, 0.29) is 0 Å². The van der Waals surface area contributed by atoms with Crippen molar-refractivity contribution in [3.05, 3.63) is 84.9 Å². The molecule has 30 heavy (non-hydrogen) atoms. The van der Waals surface area contributed by atoms with Crippen LogP contribution >= 0.6 is 0 Å². The van der Waals surface area contributed by atoms with Gasteiger partial charge < -0.3 is 8.12 Å². The molecule has 0 amide bonds. The van der Waals surface area contributed by atoms with Crippen LogP contribution in [-0.2, 0) is 7.05 Å². The maximum atomic E-state index is 2.88. The number of para-hydroxylation sites is 1. The monoisotopic (exact) mass is 396 g/mol. The van der Waals surface area contributed by atoms with Crippen LogP contribution in [0.2, 0.25) is 0 Å². The molecule has 0 aliphatic heterocycles. The van der Waals surface area contributed by atoms with E-state index in [0.717, 1.165) is 0 Å². The van der Waals surface area contributed by atoms with Gasteiger partial charge >= 0.3 is 16.5 Å². The van der Waals surface area contributed by atoms with E-state index in [9.17, 15) is 0 Å². The number of hydrogen-bond acceptors (Lipinski definition) is 0. The van der Waals surface area contributed by atoms with Crippen molar-refractivity contribution in [2.75, 3.05) is 0 Å². The van der Waals surface area contributed by atoms with Gasteiger partial charge in [-0.25, -0.2) is 0 Å². The van der Waals surface area contributed by atoms with Crippen LogP contribution in [0.3, 0.4) is 0 Å². The minimum atomic E-state index is 1.24. The minimum Gasteiger partial charge on any atom is -0.452 e. The molecule has 2 heterocycles. The first-order valence-electron chi connectivity index (χ1n) is 10.2. The van der Waals surface area contributed by atoms with Crippen molar-refractivity contribution in [2.45, 2.75) is 0 Å². The Morgan fingerprint density at radius 3 is 2.13 bits per heavy atom. The third kappa shape index (κ3) is 1.94. The fourth-order valence-corrected chi connectivity index (χ4v) is 5.77. The van der Waals surface area contributed by atoms with Gasteiger partial charge in [0.2, 0.25) is 0 Å². The van der Waals surface area contributed by atoms with Gasteiger partial charge in [0, 0.05) is 45.0 Å². The molecule has 0 unspecified atom stereocenters. The Morgan fingerprint density at radius 1 is 0.567 bits per heavy atom. The molecule has 0 N–H and O–H groups in total. The minimum absolute atomic E-state index is 1.24. The molecule has 0 spiro atoms. The number of rotatable bonds is 0. The lowest BCUT2D eigenvalue weighted by Gasteiger charge is -2.06. The molecule has 2 aromatic heterocycles. The van der Waals surface area contributed by atoms with E-state index in [1.165, 1.54) is 65.2 Å². The Hall–Kier alpha value is -3.25. The molecule has 2 radical (unpaired) electrons. The maximum Gasteiger partial charge on any atom is 0.318 e. The fourth-order valence-electron chi connectivity index (χ4n) is 5.33. The summed E-state index contributed by atoms with van der Waals surface area (Å²) < 4.78 is 4.63. The summed E-state index contributed by atoms with van der Waals surface area (Å²) >= 11 is 2.88. The molecule has 7 aromatic rings. The number of fused-ring (bicyclic) bond motifs is 10. The molecule has 0 fully saturated rings. The molecule has 138 valence electrons. The van der Waals surface area contributed by atoms with E-state index in [2.05, 4.69) is 117 Å². The van der Waals surface area contributed by atoms with Gasteiger partial charge in [0.05, 0.1) is 11.0 Å². The van der Waals surface area contributed by atoms with E-state index in [1.807, 2.05) is 0 Å². The first-order valence-corrected chi connectivity index (χ1v) is 10.7. The Morgan fingerprint density at radius 2 is 1.27 bits per heavy atom. The summed E-state index contributed by atoms with van der Waals surface area (Å²) in [4.78, 5) is 0. The highest BCUT2D eigenvalue weighted by molar-refractivity contribution is 6.31. The summed E-state index contributed by atoms with van der Waals surface area (Å²) in [6.07, 6.45) is 0. The van der Waals surface area contributed by atoms with Crippen LogP contribution in [-0.4, -0.2) is 24.6 Å². The summed E-state index contributed by atoms with van der Waals surface area (Å²) in [6, 6.07) is 31.1. The topological polar surface area (TPSA) is 9.86 Å². The second kappa shape index (κ2) is 5.67. The molecule has 7 rings (SSSR count). The van der Waals surface area contributed by atoms with Gasteiger partial charge in [0.25, 0.3) is 0 Å².